The first-order valence-corrected chi connectivity index (χ1v) is 9.64. The van der Waals surface area contributed by atoms with Gasteiger partial charge in [0.05, 0.1) is 17.9 Å². The van der Waals surface area contributed by atoms with Crippen LogP contribution in [0.1, 0.15) is 27.2 Å². The number of pyridine rings is 1. The molecule has 2 fully saturated rings. The maximum absolute atomic E-state index is 12.6. The predicted molar refractivity (Wildman–Crippen MR) is 107 cm³/mol. The molecule has 5 nitrogen and oxygen atoms in total. The SMILES string of the molecule is CC(C)(C)OC(=O)N1CC2CC1CN(c1cncc(-c3ccccc3)c1)C2. The Morgan fingerprint density at radius 3 is 2.59 bits per heavy atom. The Hall–Kier alpha value is -2.56. The molecule has 1 aromatic heterocycles. The van der Waals surface area contributed by atoms with Gasteiger partial charge >= 0.3 is 6.09 Å². The first kappa shape index (κ1) is 17.8. The molecule has 2 unspecified atom stereocenters. The monoisotopic (exact) mass is 365 g/mol. The van der Waals surface area contributed by atoms with Gasteiger partial charge < -0.3 is 14.5 Å². The van der Waals surface area contributed by atoms with E-state index in [1.54, 1.807) is 0 Å². The quantitative estimate of drug-likeness (QED) is 0.800. The van der Waals surface area contributed by atoms with E-state index in [1.165, 1.54) is 5.56 Å². The topological polar surface area (TPSA) is 45.7 Å². The lowest BCUT2D eigenvalue weighted by atomic mass is 9.99. The van der Waals surface area contributed by atoms with E-state index in [9.17, 15) is 4.79 Å². The molecule has 2 atom stereocenters. The van der Waals surface area contributed by atoms with Crippen LogP contribution in [-0.2, 0) is 4.74 Å². The fraction of sp³-hybridized carbons (Fsp3) is 0.455. The molecule has 0 radical (unpaired) electrons. The smallest absolute Gasteiger partial charge is 0.410 e. The Labute approximate surface area is 161 Å². The molecule has 2 aromatic rings. The minimum absolute atomic E-state index is 0.187. The molecule has 4 rings (SSSR count). The lowest BCUT2D eigenvalue weighted by Crippen LogP contribution is -2.45. The largest absolute Gasteiger partial charge is 0.444 e. The van der Waals surface area contributed by atoms with E-state index < -0.39 is 5.60 Å². The zero-order valence-corrected chi connectivity index (χ0v) is 16.3. The van der Waals surface area contributed by atoms with Crippen molar-refractivity contribution in [2.24, 2.45) is 5.92 Å². The lowest BCUT2D eigenvalue weighted by Gasteiger charge is -2.34. The van der Waals surface area contributed by atoms with Crippen molar-refractivity contribution in [3.63, 3.8) is 0 Å². The van der Waals surface area contributed by atoms with E-state index in [0.29, 0.717) is 5.92 Å². The maximum atomic E-state index is 12.6. The first-order chi connectivity index (χ1) is 12.9. The Morgan fingerprint density at radius 1 is 1.07 bits per heavy atom. The van der Waals surface area contributed by atoms with Gasteiger partial charge in [-0.1, -0.05) is 30.3 Å². The number of likely N-dealkylation sites (tertiary alicyclic amines) is 1. The molecule has 5 heteroatoms. The van der Waals surface area contributed by atoms with Crippen molar-refractivity contribution in [1.29, 1.82) is 0 Å². The van der Waals surface area contributed by atoms with Crippen LogP contribution in [0.2, 0.25) is 0 Å². The van der Waals surface area contributed by atoms with Gasteiger partial charge in [-0.3, -0.25) is 4.98 Å². The molecule has 2 aliphatic heterocycles. The number of hydrogen-bond donors (Lipinski definition) is 0. The summed E-state index contributed by atoms with van der Waals surface area (Å²) in [4.78, 5) is 21.3. The second-order valence-electron chi connectivity index (χ2n) is 8.59. The van der Waals surface area contributed by atoms with Crippen LogP contribution in [0.15, 0.2) is 48.8 Å². The van der Waals surface area contributed by atoms with Crippen LogP contribution in [0.3, 0.4) is 0 Å². The normalized spacial score (nSPS) is 22.0. The van der Waals surface area contributed by atoms with Crippen LogP contribution in [0, 0.1) is 5.92 Å². The van der Waals surface area contributed by atoms with E-state index in [2.05, 4.69) is 28.1 Å². The number of carbonyl (C=O) groups is 1. The third kappa shape index (κ3) is 3.92. The van der Waals surface area contributed by atoms with Crippen LogP contribution >= 0.6 is 0 Å². The van der Waals surface area contributed by atoms with E-state index >= 15 is 0 Å². The number of anilines is 1. The summed E-state index contributed by atoms with van der Waals surface area (Å²) in [6.07, 6.45) is 4.70. The molecular formula is C22H27N3O2. The third-order valence-corrected chi connectivity index (χ3v) is 5.23. The van der Waals surface area contributed by atoms with Crippen LogP contribution < -0.4 is 4.90 Å². The summed E-state index contributed by atoms with van der Waals surface area (Å²) in [5.41, 5.74) is 2.95. The second-order valence-corrected chi connectivity index (χ2v) is 8.59. The van der Waals surface area contributed by atoms with Gasteiger partial charge in [-0.2, -0.15) is 0 Å². The van der Waals surface area contributed by atoms with Gasteiger partial charge in [0.15, 0.2) is 0 Å². The fourth-order valence-corrected chi connectivity index (χ4v) is 4.10. The number of amides is 1. The van der Waals surface area contributed by atoms with E-state index in [-0.39, 0.29) is 12.1 Å². The Kier molecular flexibility index (Phi) is 4.54. The number of benzene rings is 1. The van der Waals surface area contributed by atoms with Crippen molar-refractivity contribution >= 4 is 11.8 Å². The van der Waals surface area contributed by atoms with E-state index in [1.807, 2.05) is 56.3 Å². The molecular weight excluding hydrogens is 338 g/mol. The number of aromatic nitrogens is 1. The van der Waals surface area contributed by atoms with Crippen LogP contribution in [0.4, 0.5) is 10.5 Å². The molecule has 0 aliphatic carbocycles. The Bertz CT molecular complexity index is 816. The summed E-state index contributed by atoms with van der Waals surface area (Å²) in [5.74, 6) is 0.483. The van der Waals surface area contributed by atoms with Crippen molar-refractivity contribution in [3.05, 3.63) is 48.8 Å². The summed E-state index contributed by atoms with van der Waals surface area (Å²) in [5, 5.41) is 0. The molecule has 2 bridgehead atoms. The van der Waals surface area contributed by atoms with Gasteiger partial charge in [-0.15, -0.1) is 0 Å². The average molecular weight is 365 g/mol. The minimum atomic E-state index is -0.457. The highest BCUT2D eigenvalue weighted by atomic mass is 16.6. The van der Waals surface area contributed by atoms with Gasteiger partial charge in [0.25, 0.3) is 0 Å². The summed E-state index contributed by atoms with van der Waals surface area (Å²) in [7, 11) is 0. The number of ether oxygens (including phenoxy) is 1. The number of fused-ring (bicyclic) bond motifs is 2. The number of hydrogen-bond acceptors (Lipinski definition) is 4. The van der Waals surface area contributed by atoms with Crippen LogP contribution in [0.25, 0.3) is 11.1 Å². The number of rotatable bonds is 2. The molecule has 1 amide bonds. The van der Waals surface area contributed by atoms with Crippen molar-refractivity contribution < 1.29 is 9.53 Å². The van der Waals surface area contributed by atoms with Crippen molar-refractivity contribution in [3.8, 4) is 11.1 Å². The highest BCUT2D eigenvalue weighted by Crippen LogP contribution is 2.34. The van der Waals surface area contributed by atoms with Crippen molar-refractivity contribution in [2.45, 2.75) is 38.8 Å². The maximum Gasteiger partial charge on any atom is 0.410 e. The highest BCUT2D eigenvalue weighted by molar-refractivity contribution is 5.70. The van der Waals surface area contributed by atoms with Gasteiger partial charge in [0.2, 0.25) is 0 Å². The van der Waals surface area contributed by atoms with Crippen LogP contribution in [-0.4, -0.2) is 47.3 Å². The van der Waals surface area contributed by atoms with Crippen molar-refractivity contribution in [1.82, 2.24) is 9.88 Å². The minimum Gasteiger partial charge on any atom is -0.444 e. The van der Waals surface area contributed by atoms with Gasteiger partial charge in [-0.05, 0) is 44.7 Å². The molecule has 2 saturated heterocycles. The molecule has 0 N–H and O–H groups in total. The second kappa shape index (κ2) is 6.87. The number of carbonyl (C=O) groups excluding carboxylic acids is 1. The summed E-state index contributed by atoms with van der Waals surface area (Å²) in [6.45, 7) is 8.31. The zero-order valence-electron chi connectivity index (χ0n) is 16.3. The standard InChI is InChI=1S/C22H27N3O2/c1-22(2,3)27-21(26)25-14-16-9-20(25)15-24(13-16)19-10-18(11-23-12-19)17-7-5-4-6-8-17/h4-8,10-12,16,20H,9,13-15H2,1-3H3. The first-order valence-electron chi connectivity index (χ1n) is 9.64. The van der Waals surface area contributed by atoms with Crippen molar-refractivity contribution in [2.75, 3.05) is 24.5 Å². The molecule has 3 heterocycles. The molecule has 2 aliphatic rings. The Balaban J connectivity index is 1.50. The zero-order chi connectivity index (χ0) is 19.0. The predicted octanol–water partition coefficient (Wildman–Crippen LogP) is 4.19. The molecule has 0 saturated carbocycles. The highest BCUT2D eigenvalue weighted by Gasteiger charge is 2.42. The molecule has 0 spiro atoms. The number of piperidine rings is 1. The average Bonchev–Trinajstić information content (AvgIpc) is 2.95. The summed E-state index contributed by atoms with van der Waals surface area (Å²) < 4.78 is 5.60. The van der Waals surface area contributed by atoms with Gasteiger partial charge in [0, 0.05) is 31.4 Å². The lowest BCUT2D eigenvalue weighted by molar-refractivity contribution is 0.0233. The van der Waals surface area contributed by atoms with E-state index in [4.69, 9.17) is 4.74 Å². The summed E-state index contributed by atoms with van der Waals surface area (Å²) in [6, 6.07) is 12.7. The number of nitrogens with zero attached hydrogens (tertiary/aromatic N) is 3. The Morgan fingerprint density at radius 2 is 1.85 bits per heavy atom. The molecule has 1 aromatic carbocycles. The van der Waals surface area contributed by atoms with E-state index in [0.717, 1.165) is 37.3 Å². The third-order valence-electron chi connectivity index (χ3n) is 5.23. The molecule has 27 heavy (non-hydrogen) atoms. The summed E-state index contributed by atoms with van der Waals surface area (Å²) >= 11 is 0. The van der Waals surface area contributed by atoms with Crippen LogP contribution in [0.5, 0.6) is 0 Å². The van der Waals surface area contributed by atoms with Gasteiger partial charge in [0.1, 0.15) is 5.60 Å². The van der Waals surface area contributed by atoms with Gasteiger partial charge in [-0.25, -0.2) is 4.79 Å². The fourth-order valence-electron chi connectivity index (χ4n) is 4.10. The molecule has 142 valence electrons.